The van der Waals surface area contributed by atoms with Crippen molar-refractivity contribution in [2.24, 2.45) is 0 Å². The van der Waals surface area contributed by atoms with Crippen molar-refractivity contribution >= 4 is 11.6 Å². The molecule has 1 aromatic rings. The van der Waals surface area contributed by atoms with Crippen molar-refractivity contribution in [3.8, 4) is 0 Å². The van der Waals surface area contributed by atoms with Gasteiger partial charge in [0, 0.05) is 30.2 Å². The van der Waals surface area contributed by atoms with Gasteiger partial charge in [0.2, 0.25) is 0 Å². The van der Waals surface area contributed by atoms with Gasteiger partial charge in [0.05, 0.1) is 6.04 Å². The standard InChI is InChI=1S/C16H21ClN2/c1-3-16(14-6-4-5-7-15(14)17)19-10-12-8-9-13(11-19)18(12)2/h3-7,12-13,16H,1,8-11H2,2H3. The minimum atomic E-state index is 0.241. The van der Waals surface area contributed by atoms with E-state index in [0.717, 1.165) is 18.1 Å². The maximum Gasteiger partial charge on any atom is 0.0544 e. The number of fused-ring (bicyclic) bond motifs is 2. The molecule has 1 aromatic carbocycles. The van der Waals surface area contributed by atoms with E-state index in [-0.39, 0.29) is 6.04 Å². The molecule has 3 unspecified atom stereocenters. The van der Waals surface area contributed by atoms with Gasteiger partial charge < -0.3 is 0 Å². The Morgan fingerprint density at radius 3 is 2.47 bits per heavy atom. The lowest BCUT2D eigenvalue weighted by Crippen LogP contribution is -2.52. The molecular weight excluding hydrogens is 256 g/mol. The van der Waals surface area contributed by atoms with Gasteiger partial charge in [0.1, 0.15) is 0 Å². The van der Waals surface area contributed by atoms with Crippen LogP contribution in [0.1, 0.15) is 24.4 Å². The lowest BCUT2D eigenvalue weighted by Gasteiger charge is -2.42. The van der Waals surface area contributed by atoms with Gasteiger partial charge in [0.15, 0.2) is 0 Å². The summed E-state index contributed by atoms with van der Waals surface area (Å²) in [6.45, 7) is 6.27. The molecule has 0 aromatic heterocycles. The third-order valence-corrected chi connectivity index (χ3v) is 5.06. The van der Waals surface area contributed by atoms with Gasteiger partial charge in [-0.05, 0) is 31.5 Å². The first-order chi connectivity index (χ1) is 9.20. The smallest absolute Gasteiger partial charge is 0.0544 e. The predicted molar refractivity (Wildman–Crippen MR) is 80.5 cm³/mol. The third-order valence-electron chi connectivity index (χ3n) is 4.72. The molecule has 0 amide bonds. The van der Waals surface area contributed by atoms with Crippen molar-refractivity contribution < 1.29 is 0 Å². The van der Waals surface area contributed by atoms with Crippen molar-refractivity contribution in [1.29, 1.82) is 0 Å². The Balaban J connectivity index is 1.84. The van der Waals surface area contributed by atoms with Gasteiger partial charge in [-0.25, -0.2) is 0 Å². The summed E-state index contributed by atoms with van der Waals surface area (Å²) in [5, 5.41) is 0.846. The third kappa shape index (κ3) is 2.33. The molecule has 2 aliphatic rings. The van der Waals surface area contributed by atoms with Crippen LogP contribution in [0.2, 0.25) is 5.02 Å². The molecule has 2 nitrogen and oxygen atoms in total. The molecule has 0 saturated carbocycles. The van der Waals surface area contributed by atoms with Crippen molar-refractivity contribution in [3.05, 3.63) is 47.5 Å². The van der Waals surface area contributed by atoms with Crippen LogP contribution in [0.25, 0.3) is 0 Å². The molecule has 2 saturated heterocycles. The summed E-state index contributed by atoms with van der Waals surface area (Å²) >= 11 is 6.35. The average molecular weight is 277 g/mol. The van der Waals surface area contributed by atoms with E-state index in [0.29, 0.717) is 12.1 Å². The Kier molecular flexibility index (Phi) is 3.66. The summed E-state index contributed by atoms with van der Waals surface area (Å²) in [5.74, 6) is 0. The lowest BCUT2D eigenvalue weighted by atomic mass is 10.0. The summed E-state index contributed by atoms with van der Waals surface area (Å²) in [6.07, 6.45) is 4.68. The second kappa shape index (κ2) is 5.28. The second-order valence-electron chi connectivity index (χ2n) is 5.71. The van der Waals surface area contributed by atoms with E-state index in [1.165, 1.54) is 18.4 Å². The van der Waals surface area contributed by atoms with E-state index in [1.807, 2.05) is 18.2 Å². The van der Waals surface area contributed by atoms with Crippen LogP contribution < -0.4 is 0 Å². The number of nitrogens with zero attached hydrogens (tertiary/aromatic N) is 2. The zero-order valence-electron chi connectivity index (χ0n) is 11.4. The molecule has 0 aliphatic carbocycles. The molecule has 3 rings (SSSR count). The fourth-order valence-electron chi connectivity index (χ4n) is 3.56. The van der Waals surface area contributed by atoms with Crippen molar-refractivity contribution in [3.63, 3.8) is 0 Å². The SMILES string of the molecule is C=CC(c1ccccc1Cl)N1CC2CCC(C1)N2C. The molecule has 2 fully saturated rings. The molecule has 0 N–H and O–H groups in total. The van der Waals surface area contributed by atoms with Gasteiger partial charge in [-0.2, -0.15) is 0 Å². The van der Waals surface area contributed by atoms with E-state index in [9.17, 15) is 0 Å². The Labute approximate surface area is 120 Å². The van der Waals surface area contributed by atoms with Crippen LogP contribution in [0.5, 0.6) is 0 Å². The van der Waals surface area contributed by atoms with E-state index < -0.39 is 0 Å². The molecule has 0 radical (unpaired) electrons. The number of likely N-dealkylation sites (N-methyl/N-ethyl adjacent to an activating group) is 1. The Morgan fingerprint density at radius 2 is 1.89 bits per heavy atom. The molecule has 0 spiro atoms. The number of likely N-dealkylation sites (tertiary alicyclic amines) is 1. The molecule has 2 heterocycles. The minimum absolute atomic E-state index is 0.241. The zero-order valence-corrected chi connectivity index (χ0v) is 12.2. The molecular formula is C16H21ClN2. The number of rotatable bonds is 3. The van der Waals surface area contributed by atoms with Gasteiger partial charge in [0.25, 0.3) is 0 Å². The molecule has 2 bridgehead atoms. The fraction of sp³-hybridized carbons (Fsp3) is 0.500. The molecule has 3 heteroatoms. The van der Waals surface area contributed by atoms with Gasteiger partial charge in [-0.15, -0.1) is 6.58 Å². The van der Waals surface area contributed by atoms with E-state index in [4.69, 9.17) is 11.6 Å². The van der Waals surface area contributed by atoms with Crippen LogP contribution in [0.3, 0.4) is 0 Å². The monoisotopic (exact) mass is 276 g/mol. The lowest BCUT2D eigenvalue weighted by molar-refractivity contribution is 0.0709. The number of benzene rings is 1. The molecule has 3 atom stereocenters. The molecule has 19 heavy (non-hydrogen) atoms. The Morgan fingerprint density at radius 1 is 1.26 bits per heavy atom. The average Bonchev–Trinajstić information content (AvgIpc) is 2.65. The Bertz CT molecular complexity index is 460. The number of piperazine rings is 1. The van der Waals surface area contributed by atoms with Crippen molar-refractivity contribution in [1.82, 2.24) is 9.80 Å². The maximum atomic E-state index is 6.35. The van der Waals surface area contributed by atoms with Crippen molar-refractivity contribution in [2.75, 3.05) is 20.1 Å². The van der Waals surface area contributed by atoms with Crippen LogP contribution in [0.4, 0.5) is 0 Å². The first-order valence-corrected chi connectivity index (χ1v) is 7.41. The van der Waals surface area contributed by atoms with Gasteiger partial charge >= 0.3 is 0 Å². The van der Waals surface area contributed by atoms with Crippen molar-refractivity contribution in [2.45, 2.75) is 31.0 Å². The van der Waals surface area contributed by atoms with Crippen LogP contribution in [0, 0.1) is 0 Å². The topological polar surface area (TPSA) is 6.48 Å². The highest BCUT2D eigenvalue weighted by Gasteiger charge is 2.39. The predicted octanol–water partition coefficient (Wildman–Crippen LogP) is 3.35. The molecule has 2 aliphatic heterocycles. The van der Waals surface area contributed by atoms with Crippen LogP contribution in [-0.2, 0) is 0 Å². The maximum absolute atomic E-state index is 6.35. The van der Waals surface area contributed by atoms with Crippen LogP contribution in [0.15, 0.2) is 36.9 Å². The quantitative estimate of drug-likeness (QED) is 0.782. The number of hydrogen-bond acceptors (Lipinski definition) is 2. The highest BCUT2D eigenvalue weighted by molar-refractivity contribution is 6.31. The largest absolute Gasteiger partial charge is 0.298 e. The fourth-order valence-corrected chi connectivity index (χ4v) is 3.81. The van der Waals surface area contributed by atoms with Crippen LogP contribution in [-0.4, -0.2) is 42.0 Å². The van der Waals surface area contributed by atoms with Gasteiger partial charge in [-0.3, -0.25) is 9.80 Å². The Hall–Kier alpha value is -0.830. The van der Waals surface area contributed by atoms with E-state index in [2.05, 4.69) is 35.6 Å². The first kappa shape index (κ1) is 13.2. The summed E-state index contributed by atoms with van der Waals surface area (Å²) < 4.78 is 0. The van der Waals surface area contributed by atoms with E-state index >= 15 is 0 Å². The van der Waals surface area contributed by atoms with Gasteiger partial charge in [-0.1, -0.05) is 35.9 Å². The zero-order chi connectivity index (χ0) is 13.4. The highest BCUT2D eigenvalue weighted by Crippen LogP contribution is 2.35. The first-order valence-electron chi connectivity index (χ1n) is 7.03. The summed E-state index contributed by atoms with van der Waals surface area (Å²) in [4.78, 5) is 5.08. The van der Waals surface area contributed by atoms with Crippen LogP contribution >= 0.6 is 11.6 Å². The summed E-state index contributed by atoms with van der Waals surface area (Å²) in [6, 6.07) is 9.77. The normalized spacial score (nSPS) is 29.4. The minimum Gasteiger partial charge on any atom is -0.298 e. The summed E-state index contributed by atoms with van der Waals surface area (Å²) in [5.41, 5.74) is 1.18. The second-order valence-corrected chi connectivity index (χ2v) is 6.11. The van der Waals surface area contributed by atoms with E-state index in [1.54, 1.807) is 0 Å². The number of hydrogen-bond donors (Lipinski definition) is 0. The number of halogens is 1. The highest BCUT2D eigenvalue weighted by atomic mass is 35.5. The molecule has 102 valence electrons. The summed E-state index contributed by atoms with van der Waals surface area (Å²) in [7, 11) is 2.26.